The SMILES string of the molecule is C#CCOc1cc(CNC(=NC)NC2CCN(c3ncccc3F)C2)ccc1OC.I. The molecule has 1 aromatic carbocycles. The highest BCUT2D eigenvalue weighted by atomic mass is 127. The number of aliphatic imine (C=N–C) groups is 1. The molecule has 1 aromatic heterocycles. The van der Waals surface area contributed by atoms with E-state index in [1.54, 1.807) is 26.4 Å². The van der Waals surface area contributed by atoms with E-state index in [1.807, 2.05) is 23.1 Å². The molecular formula is C22H27FIN5O2. The Bertz CT molecular complexity index is 934. The Hall–Kier alpha value is -2.74. The number of terminal acetylenes is 1. The standard InChI is InChI=1S/C22H26FN5O2.HI/c1-4-12-30-20-13-16(7-8-19(20)29-3)14-26-22(24-2)27-17-9-11-28(15-17)21-18(23)6-5-10-25-21;/h1,5-8,10,13,17H,9,11-12,14-15H2,2-3H3,(H2,24,26,27);1H. The van der Waals surface area contributed by atoms with Crippen molar-refractivity contribution in [1.29, 1.82) is 0 Å². The monoisotopic (exact) mass is 539 g/mol. The molecule has 2 N–H and O–H groups in total. The van der Waals surface area contributed by atoms with Gasteiger partial charge in [-0.25, -0.2) is 9.37 Å². The van der Waals surface area contributed by atoms with Crippen molar-refractivity contribution in [3.8, 4) is 23.8 Å². The third-order valence-corrected chi connectivity index (χ3v) is 4.79. The van der Waals surface area contributed by atoms with Crippen LogP contribution in [0.2, 0.25) is 0 Å². The van der Waals surface area contributed by atoms with E-state index >= 15 is 0 Å². The summed E-state index contributed by atoms with van der Waals surface area (Å²) in [5, 5.41) is 6.68. The summed E-state index contributed by atoms with van der Waals surface area (Å²) in [5.74, 6) is 4.44. The van der Waals surface area contributed by atoms with E-state index < -0.39 is 0 Å². The maximum atomic E-state index is 14.0. The first-order valence-electron chi connectivity index (χ1n) is 9.70. The molecule has 1 aliphatic heterocycles. The number of anilines is 1. The summed E-state index contributed by atoms with van der Waals surface area (Å²) in [5.41, 5.74) is 0.995. The van der Waals surface area contributed by atoms with E-state index in [4.69, 9.17) is 15.9 Å². The van der Waals surface area contributed by atoms with Gasteiger partial charge in [0, 0.05) is 38.9 Å². The van der Waals surface area contributed by atoms with E-state index in [9.17, 15) is 4.39 Å². The summed E-state index contributed by atoms with van der Waals surface area (Å²) >= 11 is 0. The van der Waals surface area contributed by atoms with Crippen LogP contribution < -0.4 is 25.0 Å². The lowest BCUT2D eigenvalue weighted by atomic mass is 10.2. The summed E-state index contributed by atoms with van der Waals surface area (Å²) in [6, 6.07) is 8.84. The molecule has 9 heteroatoms. The Labute approximate surface area is 199 Å². The molecule has 0 aliphatic carbocycles. The second-order valence-electron chi connectivity index (χ2n) is 6.79. The van der Waals surface area contributed by atoms with Crippen molar-refractivity contribution in [3.05, 3.63) is 47.9 Å². The largest absolute Gasteiger partial charge is 0.493 e. The number of rotatable bonds is 7. The van der Waals surface area contributed by atoms with Gasteiger partial charge in [0.2, 0.25) is 0 Å². The van der Waals surface area contributed by atoms with Crippen LogP contribution in [0.1, 0.15) is 12.0 Å². The molecule has 0 spiro atoms. The third kappa shape index (κ3) is 6.62. The Morgan fingerprint density at radius 1 is 1.39 bits per heavy atom. The molecule has 0 radical (unpaired) electrons. The van der Waals surface area contributed by atoms with Crippen molar-refractivity contribution in [3.63, 3.8) is 0 Å². The van der Waals surface area contributed by atoms with Gasteiger partial charge in [-0.3, -0.25) is 4.99 Å². The minimum absolute atomic E-state index is 0. The average Bonchev–Trinajstić information content (AvgIpc) is 3.23. The summed E-state index contributed by atoms with van der Waals surface area (Å²) in [4.78, 5) is 10.4. The normalized spacial score (nSPS) is 15.6. The van der Waals surface area contributed by atoms with Crippen LogP contribution >= 0.6 is 24.0 Å². The lowest BCUT2D eigenvalue weighted by Crippen LogP contribution is -2.44. The summed E-state index contributed by atoms with van der Waals surface area (Å²) in [7, 11) is 3.30. The zero-order valence-electron chi connectivity index (χ0n) is 17.6. The first-order chi connectivity index (χ1) is 14.6. The van der Waals surface area contributed by atoms with Crippen LogP contribution in [0.5, 0.6) is 11.5 Å². The van der Waals surface area contributed by atoms with Crippen molar-refractivity contribution in [1.82, 2.24) is 15.6 Å². The van der Waals surface area contributed by atoms with Gasteiger partial charge in [-0.2, -0.15) is 0 Å². The second kappa shape index (κ2) is 12.2. The molecule has 7 nitrogen and oxygen atoms in total. The number of ether oxygens (including phenoxy) is 2. The van der Waals surface area contributed by atoms with Crippen LogP contribution in [-0.4, -0.2) is 50.8 Å². The van der Waals surface area contributed by atoms with Gasteiger partial charge in [-0.05, 0) is 36.2 Å². The molecule has 2 heterocycles. The molecule has 2 aromatic rings. The highest BCUT2D eigenvalue weighted by molar-refractivity contribution is 14.0. The van der Waals surface area contributed by atoms with Crippen LogP contribution in [0.3, 0.4) is 0 Å². The number of hydrogen-bond donors (Lipinski definition) is 2. The van der Waals surface area contributed by atoms with E-state index in [-0.39, 0.29) is 42.4 Å². The maximum absolute atomic E-state index is 14.0. The van der Waals surface area contributed by atoms with Gasteiger partial charge in [0.05, 0.1) is 7.11 Å². The van der Waals surface area contributed by atoms with Crippen LogP contribution in [0.4, 0.5) is 10.2 Å². The zero-order chi connectivity index (χ0) is 21.3. The second-order valence-corrected chi connectivity index (χ2v) is 6.79. The van der Waals surface area contributed by atoms with Gasteiger partial charge in [-0.1, -0.05) is 12.0 Å². The molecule has 31 heavy (non-hydrogen) atoms. The van der Waals surface area contributed by atoms with E-state index in [1.165, 1.54) is 6.07 Å². The lowest BCUT2D eigenvalue weighted by molar-refractivity contribution is 0.330. The topological polar surface area (TPSA) is 71.0 Å². The third-order valence-electron chi connectivity index (χ3n) is 4.79. The Kier molecular flexibility index (Phi) is 9.65. The first-order valence-corrected chi connectivity index (χ1v) is 9.70. The summed E-state index contributed by atoms with van der Waals surface area (Å²) < 4.78 is 24.8. The number of nitrogens with one attached hydrogen (secondary N) is 2. The predicted octanol–water partition coefficient (Wildman–Crippen LogP) is 2.80. The lowest BCUT2D eigenvalue weighted by Gasteiger charge is -2.20. The number of halogens is 2. The summed E-state index contributed by atoms with van der Waals surface area (Å²) in [6.45, 7) is 2.10. The van der Waals surface area contributed by atoms with Crippen LogP contribution in [0.15, 0.2) is 41.5 Å². The molecule has 1 atom stereocenters. The Balaban J connectivity index is 0.00000341. The molecule has 1 saturated heterocycles. The number of guanidine groups is 1. The quantitative estimate of drug-likeness (QED) is 0.244. The fraction of sp³-hybridized carbons (Fsp3) is 0.364. The molecule has 0 amide bonds. The minimum atomic E-state index is -0.303. The number of hydrogen-bond acceptors (Lipinski definition) is 5. The van der Waals surface area contributed by atoms with Crippen LogP contribution in [0, 0.1) is 18.2 Å². The Morgan fingerprint density at radius 2 is 2.23 bits per heavy atom. The number of nitrogens with zero attached hydrogens (tertiary/aromatic N) is 3. The summed E-state index contributed by atoms with van der Waals surface area (Å²) in [6.07, 6.45) is 7.75. The van der Waals surface area contributed by atoms with Crippen molar-refractivity contribution < 1.29 is 13.9 Å². The molecule has 3 rings (SSSR count). The molecule has 166 valence electrons. The van der Waals surface area contributed by atoms with Gasteiger partial charge in [0.15, 0.2) is 29.1 Å². The van der Waals surface area contributed by atoms with E-state index in [0.29, 0.717) is 36.4 Å². The van der Waals surface area contributed by atoms with Gasteiger partial charge < -0.3 is 25.0 Å². The van der Waals surface area contributed by atoms with E-state index in [2.05, 4.69) is 26.5 Å². The van der Waals surface area contributed by atoms with Gasteiger partial charge in [0.1, 0.15) is 6.61 Å². The first kappa shape index (κ1) is 24.5. The van der Waals surface area contributed by atoms with Crippen LogP contribution in [0.25, 0.3) is 0 Å². The smallest absolute Gasteiger partial charge is 0.191 e. The average molecular weight is 539 g/mol. The van der Waals surface area contributed by atoms with Crippen molar-refractivity contribution in [2.24, 2.45) is 4.99 Å². The molecule has 0 saturated carbocycles. The van der Waals surface area contributed by atoms with Crippen molar-refractivity contribution in [2.75, 3.05) is 38.8 Å². The van der Waals surface area contributed by atoms with Gasteiger partial charge >= 0.3 is 0 Å². The zero-order valence-corrected chi connectivity index (χ0v) is 19.9. The van der Waals surface area contributed by atoms with E-state index in [0.717, 1.165) is 18.5 Å². The minimum Gasteiger partial charge on any atom is -0.493 e. The maximum Gasteiger partial charge on any atom is 0.191 e. The van der Waals surface area contributed by atoms with Gasteiger partial charge in [0.25, 0.3) is 0 Å². The number of benzene rings is 1. The fourth-order valence-corrected chi connectivity index (χ4v) is 3.32. The fourth-order valence-electron chi connectivity index (χ4n) is 3.32. The van der Waals surface area contributed by atoms with Gasteiger partial charge in [-0.15, -0.1) is 30.4 Å². The number of aromatic nitrogens is 1. The number of methoxy groups -OCH3 is 1. The van der Waals surface area contributed by atoms with Crippen molar-refractivity contribution in [2.45, 2.75) is 19.0 Å². The molecule has 1 unspecified atom stereocenters. The predicted molar refractivity (Wildman–Crippen MR) is 131 cm³/mol. The molecule has 0 bridgehead atoms. The Morgan fingerprint density at radius 3 is 2.94 bits per heavy atom. The molecule has 1 fully saturated rings. The van der Waals surface area contributed by atoms with Crippen molar-refractivity contribution >= 4 is 35.8 Å². The highest BCUT2D eigenvalue weighted by Crippen LogP contribution is 2.28. The molecule has 1 aliphatic rings. The highest BCUT2D eigenvalue weighted by Gasteiger charge is 2.25. The van der Waals surface area contributed by atoms with Crippen LogP contribution in [-0.2, 0) is 6.54 Å². The number of pyridine rings is 1. The molecular weight excluding hydrogens is 512 g/mol.